The van der Waals surface area contributed by atoms with Crippen LogP contribution in [0.25, 0.3) is 22.2 Å². The number of nitrogens with one attached hydrogen (secondary N) is 2. The minimum absolute atomic E-state index is 0.0500. The fraction of sp³-hybridized carbons (Fsp3) is 0.0526. The molecule has 0 saturated heterocycles. The molecule has 8 heteroatoms. The van der Waals surface area contributed by atoms with E-state index in [2.05, 4.69) is 15.3 Å². The van der Waals surface area contributed by atoms with Gasteiger partial charge in [0.25, 0.3) is 0 Å². The molecule has 2 N–H and O–H groups in total. The molecular weight excluding hydrogens is 373 g/mol. The third kappa shape index (κ3) is 3.13. The summed E-state index contributed by atoms with van der Waals surface area (Å²) < 4.78 is 42.3. The highest BCUT2D eigenvalue weighted by Crippen LogP contribution is 2.32. The van der Waals surface area contributed by atoms with Crippen LogP contribution in [-0.4, -0.2) is 9.97 Å². The minimum atomic E-state index is -1.14. The summed E-state index contributed by atoms with van der Waals surface area (Å²) in [5.41, 5.74) is 2.12. The molecule has 0 fully saturated rings. The summed E-state index contributed by atoms with van der Waals surface area (Å²) >= 11 is 0.803. The van der Waals surface area contributed by atoms with Crippen LogP contribution in [0.1, 0.15) is 11.6 Å². The third-order valence-electron chi connectivity index (χ3n) is 4.16. The van der Waals surface area contributed by atoms with Crippen LogP contribution < -0.4 is 5.32 Å². The van der Waals surface area contributed by atoms with Gasteiger partial charge in [0.05, 0.1) is 23.4 Å². The molecule has 0 spiro atoms. The number of aromatic nitrogens is 2. The number of nitriles is 1. The number of imidazole rings is 1. The number of aromatic amines is 1. The summed E-state index contributed by atoms with van der Waals surface area (Å²) in [5.74, 6) is -2.26. The molecule has 0 bridgehead atoms. The lowest BCUT2D eigenvalue weighted by atomic mass is 10.0. The molecule has 0 aliphatic rings. The summed E-state index contributed by atoms with van der Waals surface area (Å²) in [6.07, 6.45) is 1.54. The van der Waals surface area contributed by atoms with Crippen LogP contribution in [0.4, 0.5) is 18.9 Å². The van der Waals surface area contributed by atoms with Gasteiger partial charge < -0.3 is 10.3 Å². The maximum atomic E-state index is 14.6. The Balaban J connectivity index is 1.68. The zero-order chi connectivity index (χ0) is 19.0. The summed E-state index contributed by atoms with van der Waals surface area (Å²) in [6.45, 7) is 0. The van der Waals surface area contributed by atoms with Gasteiger partial charge in [-0.1, -0.05) is 12.1 Å². The van der Waals surface area contributed by atoms with Crippen molar-refractivity contribution in [3.63, 3.8) is 0 Å². The van der Waals surface area contributed by atoms with Crippen LogP contribution in [0.3, 0.4) is 0 Å². The number of H-pyrrole nitrogens is 1. The highest BCUT2D eigenvalue weighted by Gasteiger charge is 2.22. The number of thiophene rings is 1. The second-order valence-electron chi connectivity index (χ2n) is 5.81. The van der Waals surface area contributed by atoms with Crippen molar-refractivity contribution >= 4 is 28.1 Å². The molecular formula is C19H11F3N4S. The van der Waals surface area contributed by atoms with Crippen molar-refractivity contribution in [1.29, 1.82) is 5.26 Å². The molecule has 0 aliphatic heterocycles. The number of benzene rings is 2. The zero-order valence-electron chi connectivity index (χ0n) is 13.6. The maximum absolute atomic E-state index is 14.6. The van der Waals surface area contributed by atoms with E-state index in [9.17, 15) is 18.4 Å². The average Bonchev–Trinajstić information content (AvgIpc) is 3.30. The van der Waals surface area contributed by atoms with Crippen LogP contribution in [0.5, 0.6) is 0 Å². The van der Waals surface area contributed by atoms with Gasteiger partial charge in [-0.3, -0.25) is 0 Å². The second kappa shape index (κ2) is 6.78. The molecule has 4 nitrogen and oxygen atoms in total. The Labute approximate surface area is 155 Å². The molecule has 2 aromatic heterocycles. The number of hydrogen-bond acceptors (Lipinski definition) is 4. The van der Waals surface area contributed by atoms with Crippen LogP contribution >= 0.6 is 11.3 Å². The molecule has 1 atom stereocenters. The quantitative estimate of drug-likeness (QED) is 0.496. The van der Waals surface area contributed by atoms with Gasteiger partial charge in [0.1, 0.15) is 6.04 Å². The van der Waals surface area contributed by atoms with Gasteiger partial charge in [-0.25, -0.2) is 13.8 Å². The molecule has 1 unspecified atom stereocenters. The van der Waals surface area contributed by atoms with E-state index in [1.807, 2.05) is 6.07 Å². The molecule has 134 valence electrons. The van der Waals surface area contributed by atoms with Crippen molar-refractivity contribution < 1.29 is 13.2 Å². The van der Waals surface area contributed by atoms with Gasteiger partial charge in [-0.15, -0.1) is 11.3 Å². The highest BCUT2D eigenvalue weighted by atomic mass is 32.1. The van der Waals surface area contributed by atoms with Gasteiger partial charge in [0.2, 0.25) is 0 Å². The topological polar surface area (TPSA) is 64.5 Å². The standard InChI is InChI=1S/C19H11F3N4S/c20-17-5-10(8-27-17)12-2-3-13(19(22)18(12)21)16(7-23)26-11-1-4-14-15(6-11)25-9-24-14/h1-6,8-9,16,26H,(H,24,25). The van der Waals surface area contributed by atoms with E-state index in [0.717, 1.165) is 22.9 Å². The van der Waals surface area contributed by atoms with Crippen molar-refractivity contribution in [2.45, 2.75) is 6.04 Å². The first kappa shape index (κ1) is 17.1. The Morgan fingerprint density at radius 2 is 1.96 bits per heavy atom. The van der Waals surface area contributed by atoms with E-state index in [0.29, 0.717) is 11.2 Å². The predicted molar refractivity (Wildman–Crippen MR) is 97.7 cm³/mol. The van der Waals surface area contributed by atoms with Gasteiger partial charge >= 0.3 is 0 Å². The number of rotatable bonds is 4. The van der Waals surface area contributed by atoms with E-state index in [1.54, 1.807) is 18.2 Å². The Morgan fingerprint density at radius 1 is 1.11 bits per heavy atom. The first-order chi connectivity index (χ1) is 13.1. The smallest absolute Gasteiger partial charge is 0.177 e. The number of fused-ring (bicyclic) bond motifs is 1. The molecule has 27 heavy (non-hydrogen) atoms. The van der Waals surface area contributed by atoms with E-state index in [-0.39, 0.29) is 16.7 Å². The summed E-state index contributed by atoms with van der Waals surface area (Å²) in [6, 6.07) is 9.82. The summed E-state index contributed by atoms with van der Waals surface area (Å²) in [5, 5.41) is 13.2. The fourth-order valence-corrected chi connectivity index (χ4v) is 3.46. The van der Waals surface area contributed by atoms with E-state index in [1.165, 1.54) is 23.8 Å². The number of halogens is 3. The molecule has 2 heterocycles. The predicted octanol–water partition coefficient (Wildman–Crippen LogP) is 5.39. The van der Waals surface area contributed by atoms with Crippen molar-refractivity contribution in [3.05, 3.63) is 70.4 Å². The lowest BCUT2D eigenvalue weighted by Gasteiger charge is -2.15. The van der Waals surface area contributed by atoms with Crippen LogP contribution in [0.15, 0.2) is 48.1 Å². The number of hydrogen-bond donors (Lipinski definition) is 2. The highest BCUT2D eigenvalue weighted by molar-refractivity contribution is 7.08. The van der Waals surface area contributed by atoms with Crippen molar-refractivity contribution in [3.8, 4) is 17.2 Å². The maximum Gasteiger partial charge on any atom is 0.177 e. The second-order valence-corrected chi connectivity index (χ2v) is 6.67. The van der Waals surface area contributed by atoms with Crippen LogP contribution in [0.2, 0.25) is 0 Å². The number of anilines is 1. The van der Waals surface area contributed by atoms with Gasteiger partial charge in [0.15, 0.2) is 16.8 Å². The van der Waals surface area contributed by atoms with E-state index < -0.39 is 22.8 Å². The largest absolute Gasteiger partial charge is 0.366 e. The zero-order valence-corrected chi connectivity index (χ0v) is 14.4. The summed E-state index contributed by atoms with van der Waals surface area (Å²) in [7, 11) is 0. The average molecular weight is 384 g/mol. The molecule has 4 rings (SSSR count). The van der Waals surface area contributed by atoms with E-state index >= 15 is 0 Å². The molecule has 4 aromatic rings. The molecule has 2 aromatic carbocycles. The third-order valence-corrected chi connectivity index (χ3v) is 4.88. The summed E-state index contributed by atoms with van der Waals surface area (Å²) in [4.78, 5) is 7.07. The van der Waals surface area contributed by atoms with E-state index in [4.69, 9.17) is 0 Å². The minimum Gasteiger partial charge on any atom is -0.366 e. The van der Waals surface area contributed by atoms with Crippen molar-refractivity contribution in [1.82, 2.24) is 9.97 Å². The van der Waals surface area contributed by atoms with Crippen LogP contribution in [-0.2, 0) is 0 Å². The van der Waals surface area contributed by atoms with Crippen molar-refractivity contribution in [2.75, 3.05) is 5.32 Å². The molecule has 0 saturated carbocycles. The Kier molecular flexibility index (Phi) is 4.30. The lowest BCUT2D eigenvalue weighted by molar-refractivity contribution is 0.500. The van der Waals surface area contributed by atoms with Gasteiger partial charge in [-0.05, 0) is 29.8 Å². The molecule has 0 aliphatic carbocycles. The van der Waals surface area contributed by atoms with Crippen molar-refractivity contribution in [2.24, 2.45) is 0 Å². The van der Waals surface area contributed by atoms with Gasteiger partial charge in [-0.2, -0.15) is 9.65 Å². The Morgan fingerprint density at radius 3 is 2.70 bits per heavy atom. The SMILES string of the molecule is N#CC(Nc1ccc2[nH]cnc2c1)c1ccc(-c2csc(F)c2)c(F)c1F. The molecule has 0 radical (unpaired) electrons. The Bertz CT molecular complexity index is 1180. The normalized spacial score (nSPS) is 12.1. The first-order valence-electron chi connectivity index (χ1n) is 7.88. The van der Waals surface area contributed by atoms with Crippen LogP contribution in [0, 0.1) is 28.1 Å². The fourth-order valence-electron chi connectivity index (χ4n) is 2.83. The molecule has 0 amide bonds. The van der Waals surface area contributed by atoms with Gasteiger partial charge in [0, 0.05) is 22.2 Å². The lowest BCUT2D eigenvalue weighted by Crippen LogP contribution is -2.11. The number of nitrogens with zero attached hydrogens (tertiary/aromatic N) is 2. The Hall–Kier alpha value is -3.31. The monoisotopic (exact) mass is 384 g/mol. The first-order valence-corrected chi connectivity index (χ1v) is 8.76.